The van der Waals surface area contributed by atoms with Crippen molar-refractivity contribution >= 4 is 10.0 Å². The van der Waals surface area contributed by atoms with Crippen molar-refractivity contribution in [2.45, 2.75) is 30.9 Å². The quantitative estimate of drug-likeness (QED) is 0.733. The summed E-state index contributed by atoms with van der Waals surface area (Å²) in [5.74, 6) is -1.20. The van der Waals surface area contributed by atoms with Crippen LogP contribution in [0.3, 0.4) is 0 Å². The molecule has 2 aromatic carbocycles. The first kappa shape index (κ1) is 20.9. The second-order valence-corrected chi connectivity index (χ2v) is 8.98. The molecule has 8 heteroatoms. The van der Waals surface area contributed by atoms with E-state index >= 15 is 0 Å². The Hall–Kier alpha value is -1.87. The summed E-state index contributed by atoms with van der Waals surface area (Å²) in [4.78, 5) is 0. The van der Waals surface area contributed by atoms with Crippen LogP contribution in [0.5, 0.6) is 0 Å². The molecule has 152 valence electrons. The van der Waals surface area contributed by atoms with E-state index in [1.165, 1.54) is 52.8 Å². The van der Waals surface area contributed by atoms with Gasteiger partial charge in [0, 0.05) is 13.2 Å². The number of sulfonamides is 1. The van der Waals surface area contributed by atoms with Crippen LogP contribution >= 0.6 is 0 Å². The van der Waals surface area contributed by atoms with Gasteiger partial charge in [0.25, 0.3) is 0 Å². The van der Waals surface area contributed by atoms with E-state index in [0.29, 0.717) is 24.0 Å². The van der Waals surface area contributed by atoms with Gasteiger partial charge in [0.1, 0.15) is 17.2 Å². The van der Waals surface area contributed by atoms with E-state index in [2.05, 4.69) is 0 Å². The molecular weight excluding hydrogens is 388 g/mol. The van der Waals surface area contributed by atoms with E-state index in [-0.39, 0.29) is 25.3 Å². The van der Waals surface area contributed by atoms with Gasteiger partial charge in [0.05, 0.1) is 11.8 Å². The lowest BCUT2D eigenvalue weighted by atomic mass is 9.79. The summed E-state index contributed by atoms with van der Waals surface area (Å²) >= 11 is 0. The molecule has 0 radical (unpaired) electrons. The molecule has 1 saturated heterocycles. The van der Waals surface area contributed by atoms with Crippen LogP contribution < -0.4 is 0 Å². The zero-order valence-corrected chi connectivity index (χ0v) is 16.1. The Bertz CT molecular complexity index is 855. The van der Waals surface area contributed by atoms with Crippen LogP contribution in [0.4, 0.5) is 8.78 Å². The maximum absolute atomic E-state index is 13.5. The fourth-order valence-electron chi connectivity index (χ4n) is 3.81. The van der Waals surface area contributed by atoms with E-state index in [9.17, 15) is 22.3 Å². The SMILES string of the molecule is O=S(=O)(CCCO)N1CCC[C@@H]1C(O)(c1ccc(F)cc1)c1ccc(F)cc1. The standard InChI is InChI=1S/C20H23F2NO4S/c21-17-8-4-15(5-9-17)20(25,16-6-10-18(22)11-7-16)19-3-1-12-23(19)28(26,27)14-2-13-24/h4-11,19,24-25H,1-3,12-14H2/t19-/m1/s1. The lowest BCUT2D eigenvalue weighted by Crippen LogP contribution is -2.51. The average molecular weight is 411 g/mol. The zero-order chi connectivity index (χ0) is 20.4. The van der Waals surface area contributed by atoms with E-state index in [1.807, 2.05) is 0 Å². The minimum Gasteiger partial charge on any atom is -0.396 e. The molecule has 0 saturated carbocycles. The third-order valence-corrected chi connectivity index (χ3v) is 7.13. The van der Waals surface area contributed by atoms with Crippen LogP contribution in [0.1, 0.15) is 30.4 Å². The lowest BCUT2D eigenvalue weighted by Gasteiger charge is -2.39. The Morgan fingerprint density at radius 3 is 1.96 bits per heavy atom. The van der Waals surface area contributed by atoms with Crippen molar-refractivity contribution in [1.82, 2.24) is 4.31 Å². The molecule has 5 nitrogen and oxygen atoms in total. The van der Waals surface area contributed by atoms with Crippen LogP contribution in [-0.4, -0.2) is 47.9 Å². The average Bonchev–Trinajstić information content (AvgIpc) is 3.18. The number of benzene rings is 2. The molecule has 1 atom stereocenters. The Morgan fingerprint density at radius 2 is 1.50 bits per heavy atom. The molecular formula is C20H23F2NO4S. The van der Waals surface area contributed by atoms with Crippen molar-refractivity contribution in [1.29, 1.82) is 0 Å². The van der Waals surface area contributed by atoms with Gasteiger partial charge in [-0.3, -0.25) is 0 Å². The summed E-state index contributed by atoms with van der Waals surface area (Å²) in [6, 6.07) is 9.61. The van der Waals surface area contributed by atoms with E-state index in [1.54, 1.807) is 0 Å². The number of rotatable bonds is 7. The van der Waals surface area contributed by atoms with Gasteiger partial charge in [-0.1, -0.05) is 24.3 Å². The molecule has 1 aliphatic rings. The number of aliphatic hydroxyl groups is 2. The van der Waals surface area contributed by atoms with Crippen molar-refractivity contribution in [2.24, 2.45) is 0 Å². The molecule has 1 heterocycles. The van der Waals surface area contributed by atoms with Gasteiger partial charge in [-0.25, -0.2) is 17.2 Å². The van der Waals surface area contributed by atoms with Crippen LogP contribution in [0.15, 0.2) is 48.5 Å². The largest absolute Gasteiger partial charge is 0.396 e. The summed E-state index contributed by atoms with van der Waals surface area (Å²) in [7, 11) is -3.72. The van der Waals surface area contributed by atoms with Crippen LogP contribution in [0.25, 0.3) is 0 Å². The fraction of sp³-hybridized carbons (Fsp3) is 0.400. The third-order valence-electron chi connectivity index (χ3n) is 5.17. The smallest absolute Gasteiger partial charge is 0.214 e. The van der Waals surface area contributed by atoms with Gasteiger partial charge >= 0.3 is 0 Å². The molecule has 0 bridgehead atoms. The Balaban J connectivity index is 2.10. The monoisotopic (exact) mass is 411 g/mol. The fourth-order valence-corrected chi connectivity index (χ4v) is 5.60. The summed E-state index contributed by atoms with van der Waals surface area (Å²) < 4.78 is 53.8. The minimum atomic E-state index is -3.72. The molecule has 0 spiro atoms. The van der Waals surface area contributed by atoms with Gasteiger partial charge < -0.3 is 10.2 Å². The molecule has 0 aromatic heterocycles. The normalized spacial score (nSPS) is 18.5. The minimum absolute atomic E-state index is 0.0943. The third kappa shape index (κ3) is 3.96. The Labute approximate surface area is 163 Å². The first-order valence-corrected chi connectivity index (χ1v) is 10.7. The van der Waals surface area contributed by atoms with Crippen molar-refractivity contribution in [3.8, 4) is 0 Å². The highest BCUT2D eigenvalue weighted by Crippen LogP contribution is 2.41. The number of nitrogens with zero attached hydrogens (tertiary/aromatic N) is 1. The predicted octanol–water partition coefficient (Wildman–Crippen LogP) is 2.38. The van der Waals surface area contributed by atoms with Gasteiger partial charge in [0.15, 0.2) is 0 Å². The summed E-state index contributed by atoms with van der Waals surface area (Å²) in [6.07, 6.45) is 1.04. The molecule has 1 fully saturated rings. The number of halogens is 2. The highest BCUT2D eigenvalue weighted by atomic mass is 32.2. The van der Waals surface area contributed by atoms with Gasteiger partial charge in [-0.05, 0) is 54.7 Å². The molecule has 0 unspecified atom stereocenters. The maximum atomic E-state index is 13.5. The first-order valence-electron chi connectivity index (χ1n) is 9.14. The van der Waals surface area contributed by atoms with E-state index < -0.39 is 33.3 Å². The molecule has 3 rings (SSSR count). The summed E-state index contributed by atoms with van der Waals surface area (Å²) in [5, 5.41) is 20.8. The zero-order valence-electron chi connectivity index (χ0n) is 15.3. The van der Waals surface area contributed by atoms with E-state index in [0.717, 1.165) is 0 Å². The van der Waals surface area contributed by atoms with Crippen LogP contribution in [0, 0.1) is 11.6 Å². The van der Waals surface area contributed by atoms with Crippen molar-refractivity contribution in [3.63, 3.8) is 0 Å². The van der Waals surface area contributed by atoms with Crippen LogP contribution in [0.2, 0.25) is 0 Å². The van der Waals surface area contributed by atoms with Gasteiger partial charge in [-0.2, -0.15) is 4.31 Å². The molecule has 2 aromatic rings. The molecule has 0 amide bonds. The van der Waals surface area contributed by atoms with Crippen molar-refractivity contribution in [2.75, 3.05) is 18.9 Å². The Kier molecular flexibility index (Phi) is 6.14. The summed E-state index contributed by atoms with van der Waals surface area (Å²) in [5.41, 5.74) is -1.12. The van der Waals surface area contributed by atoms with Crippen molar-refractivity contribution < 1.29 is 27.4 Å². The Morgan fingerprint density at radius 1 is 1.00 bits per heavy atom. The second-order valence-electron chi connectivity index (χ2n) is 6.94. The van der Waals surface area contributed by atoms with Crippen molar-refractivity contribution in [3.05, 3.63) is 71.3 Å². The van der Waals surface area contributed by atoms with Gasteiger partial charge in [-0.15, -0.1) is 0 Å². The maximum Gasteiger partial charge on any atom is 0.214 e. The topological polar surface area (TPSA) is 77.8 Å². The first-order chi connectivity index (χ1) is 13.3. The highest BCUT2D eigenvalue weighted by Gasteiger charge is 2.49. The molecule has 1 aliphatic heterocycles. The summed E-state index contributed by atoms with van der Waals surface area (Å²) in [6.45, 7) is -0.0128. The number of aliphatic hydroxyl groups excluding tert-OH is 1. The number of hydrogen-bond acceptors (Lipinski definition) is 4. The highest BCUT2D eigenvalue weighted by molar-refractivity contribution is 7.89. The second kappa shape index (κ2) is 8.24. The molecule has 2 N–H and O–H groups in total. The number of hydrogen-bond donors (Lipinski definition) is 2. The molecule has 0 aliphatic carbocycles. The van der Waals surface area contributed by atoms with Gasteiger partial charge in [0.2, 0.25) is 10.0 Å². The molecule has 28 heavy (non-hydrogen) atoms. The predicted molar refractivity (Wildman–Crippen MR) is 101 cm³/mol. The van der Waals surface area contributed by atoms with Crippen LogP contribution in [-0.2, 0) is 15.6 Å². The lowest BCUT2D eigenvalue weighted by molar-refractivity contribution is 0.0203. The van der Waals surface area contributed by atoms with E-state index in [4.69, 9.17) is 5.11 Å².